The summed E-state index contributed by atoms with van der Waals surface area (Å²) in [6.45, 7) is 2.87. The maximum Gasteiger partial charge on any atom is 0.301 e. The highest BCUT2D eigenvalue weighted by atomic mass is 32.1. The van der Waals surface area contributed by atoms with Crippen LogP contribution in [0.4, 0.5) is 5.13 Å². The van der Waals surface area contributed by atoms with Crippen molar-refractivity contribution >= 4 is 44.1 Å². The van der Waals surface area contributed by atoms with Gasteiger partial charge in [-0.25, -0.2) is 4.98 Å². The zero-order valence-corrected chi connectivity index (χ0v) is 21.6. The Morgan fingerprint density at radius 2 is 1.82 bits per heavy atom. The van der Waals surface area contributed by atoms with Crippen LogP contribution < -0.4 is 19.1 Å². The lowest BCUT2D eigenvalue weighted by Gasteiger charge is -2.23. The summed E-state index contributed by atoms with van der Waals surface area (Å²) >= 11 is 1.29. The van der Waals surface area contributed by atoms with Gasteiger partial charge in [-0.15, -0.1) is 0 Å². The summed E-state index contributed by atoms with van der Waals surface area (Å²) in [5.74, 6) is -0.114. The number of carbonyl (C=O) groups excluding carboxylic acids is 2. The van der Waals surface area contributed by atoms with Crippen molar-refractivity contribution in [2.24, 2.45) is 0 Å². The van der Waals surface area contributed by atoms with Crippen LogP contribution in [0, 0.1) is 0 Å². The quantitative estimate of drug-likeness (QED) is 0.214. The minimum Gasteiger partial charge on any atom is -0.507 e. The molecule has 1 saturated heterocycles. The number of anilines is 1. The zero-order chi connectivity index (χ0) is 26.4. The molecule has 4 aromatic rings. The van der Waals surface area contributed by atoms with E-state index in [1.54, 1.807) is 31.4 Å². The number of Topliss-reactive ketones (excluding diaryl/α,β-unsaturated/α-hetero) is 1. The molecule has 3 heterocycles. The maximum absolute atomic E-state index is 13.5. The molecule has 1 fully saturated rings. The molecule has 1 N–H and O–H groups in total. The number of aryl methyl sites for hydroxylation is 1. The topological polar surface area (TPSA) is 98.2 Å². The number of hydrogen-bond donors (Lipinski definition) is 1. The Bertz CT molecular complexity index is 1610. The van der Waals surface area contributed by atoms with Crippen LogP contribution in [0.3, 0.4) is 0 Å². The van der Waals surface area contributed by atoms with E-state index in [1.165, 1.54) is 16.2 Å². The van der Waals surface area contributed by atoms with Crippen LogP contribution in [0.2, 0.25) is 0 Å². The molecule has 0 saturated carbocycles. The minimum atomic E-state index is -0.864. The third kappa shape index (κ3) is 3.95. The number of methoxy groups -OCH3 is 1. The first-order chi connectivity index (χ1) is 18.5. The molecule has 9 heteroatoms. The number of aliphatic hydroxyl groups excluding tert-OH is 1. The van der Waals surface area contributed by atoms with Crippen molar-refractivity contribution in [1.29, 1.82) is 0 Å². The molecule has 192 valence electrons. The Morgan fingerprint density at radius 3 is 2.55 bits per heavy atom. The molecule has 0 spiro atoms. The fraction of sp³-hybridized carbons (Fsp3) is 0.207. The van der Waals surface area contributed by atoms with Crippen molar-refractivity contribution in [3.05, 3.63) is 82.9 Å². The molecule has 0 bridgehead atoms. The Hall–Kier alpha value is -4.37. The predicted molar refractivity (Wildman–Crippen MR) is 144 cm³/mol. The van der Waals surface area contributed by atoms with Gasteiger partial charge in [0.15, 0.2) is 16.6 Å². The number of aromatic nitrogens is 1. The Labute approximate surface area is 222 Å². The number of amides is 1. The number of ketones is 1. The standard InChI is InChI=1S/C29H24N2O6S/c1-3-16-4-6-17(7-5-16)25-24(26(32)18-8-11-21-22(14-18)37-13-12-36-21)27(33)28(34)31(25)29-30-20-10-9-19(35-2)15-23(20)38-29/h4-11,14-15,25,32H,3,12-13H2,1-2H3/b26-24+/t25-/m0/s1. The monoisotopic (exact) mass is 528 g/mol. The van der Waals surface area contributed by atoms with Crippen molar-refractivity contribution in [1.82, 2.24) is 4.98 Å². The molecule has 0 radical (unpaired) electrons. The Morgan fingerprint density at radius 1 is 1.05 bits per heavy atom. The van der Waals surface area contributed by atoms with Crippen LogP contribution in [-0.4, -0.2) is 42.1 Å². The van der Waals surface area contributed by atoms with Crippen molar-refractivity contribution in [2.45, 2.75) is 19.4 Å². The first-order valence-electron chi connectivity index (χ1n) is 12.2. The Balaban J connectivity index is 1.52. The molecule has 0 unspecified atom stereocenters. The van der Waals surface area contributed by atoms with Crippen molar-refractivity contribution in [3.8, 4) is 17.2 Å². The van der Waals surface area contributed by atoms with Gasteiger partial charge >= 0.3 is 5.91 Å². The van der Waals surface area contributed by atoms with E-state index >= 15 is 0 Å². The first-order valence-corrected chi connectivity index (χ1v) is 13.0. The van der Waals surface area contributed by atoms with Gasteiger partial charge in [0.25, 0.3) is 5.78 Å². The molecule has 6 rings (SSSR count). The second kappa shape index (κ2) is 9.50. The normalized spacial score (nSPS) is 18.3. The number of fused-ring (bicyclic) bond motifs is 2. The fourth-order valence-corrected chi connectivity index (χ4v) is 5.77. The van der Waals surface area contributed by atoms with Crippen LogP contribution in [-0.2, 0) is 16.0 Å². The van der Waals surface area contributed by atoms with Crippen molar-refractivity contribution in [2.75, 3.05) is 25.2 Å². The van der Waals surface area contributed by atoms with Gasteiger partial charge in [0, 0.05) is 5.56 Å². The summed E-state index contributed by atoms with van der Waals surface area (Å²) in [6.07, 6.45) is 0.845. The number of ether oxygens (including phenoxy) is 3. The van der Waals surface area contributed by atoms with E-state index in [0.29, 0.717) is 52.2 Å². The van der Waals surface area contributed by atoms with Gasteiger partial charge in [-0.1, -0.05) is 42.5 Å². The molecular formula is C29H24N2O6S. The van der Waals surface area contributed by atoms with Crippen LogP contribution in [0.15, 0.2) is 66.2 Å². The van der Waals surface area contributed by atoms with Crippen LogP contribution in [0.25, 0.3) is 16.0 Å². The molecule has 3 aromatic carbocycles. The molecule has 1 amide bonds. The lowest BCUT2D eigenvalue weighted by molar-refractivity contribution is -0.132. The van der Waals surface area contributed by atoms with Crippen LogP contribution in [0.5, 0.6) is 17.2 Å². The average Bonchev–Trinajstić information content (AvgIpc) is 3.49. The van der Waals surface area contributed by atoms with Crippen molar-refractivity contribution < 1.29 is 28.9 Å². The van der Waals surface area contributed by atoms with E-state index in [-0.39, 0.29) is 11.3 Å². The summed E-state index contributed by atoms with van der Waals surface area (Å²) in [4.78, 5) is 33.1. The lowest BCUT2D eigenvalue weighted by Crippen LogP contribution is -2.29. The predicted octanol–water partition coefficient (Wildman–Crippen LogP) is 5.26. The number of aliphatic hydroxyl groups is 1. The highest BCUT2D eigenvalue weighted by Gasteiger charge is 2.48. The fourth-order valence-electron chi connectivity index (χ4n) is 4.75. The number of nitrogens with zero attached hydrogens (tertiary/aromatic N) is 2. The third-order valence-electron chi connectivity index (χ3n) is 6.75. The second-order valence-corrected chi connectivity index (χ2v) is 9.96. The summed E-state index contributed by atoms with van der Waals surface area (Å²) in [6, 6.07) is 17.2. The molecule has 38 heavy (non-hydrogen) atoms. The molecule has 2 aliphatic rings. The average molecular weight is 529 g/mol. The van der Waals surface area contributed by atoms with E-state index in [0.717, 1.165) is 16.7 Å². The largest absolute Gasteiger partial charge is 0.507 e. The highest BCUT2D eigenvalue weighted by Crippen LogP contribution is 2.45. The highest BCUT2D eigenvalue weighted by molar-refractivity contribution is 7.22. The molecule has 8 nitrogen and oxygen atoms in total. The van der Waals surface area contributed by atoms with Gasteiger partial charge in [0.05, 0.1) is 28.9 Å². The molecule has 0 aliphatic carbocycles. The van der Waals surface area contributed by atoms with Crippen LogP contribution >= 0.6 is 11.3 Å². The number of thiazole rings is 1. The SMILES string of the molecule is CCc1ccc([C@H]2/C(=C(\O)c3ccc4c(c3)OCCO4)C(=O)C(=O)N2c2nc3ccc(OC)cc3s2)cc1. The maximum atomic E-state index is 13.5. The summed E-state index contributed by atoms with van der Waals surface area (Å²) in [7, 11) is 1.58. The smallest absolute Gasteiger partial charge is 0.301 e. The lowest BCUT2D eigenvalue weighted by atomic mass is 9.94. The Kier molecular flexibility index (Phi) is 6.00. The minimum absolute atomic E-state index is 0.00670. The zero-order valence-electron chi connectivity index (χ0n) is 20.8. The molecule has 1 atom stereocenters. The van der Waals surface area contributed by atoms with E-state index in [9.17, 15) is 14.7 Å². The van der Waals surface area contributed by atoms with E-state index in [4.69, 9.17) is 14.2 Å². The van der Waals surface area contributed by atoms with E-state index in [2.05, 4.69) is 11.9 Å². The van der Waals surface area contributed by atoms with Gasteiger partial charge in [-0.3, -0.25) is 14.5 Å². The van der Waals surface area contributed by atoms with Gasteiger partial charge < -0.3 is 19.3 Å². The van der Waals surface area contributed by atoms with Gasteiger partial charge in [0.2, 0.25) is 0 Å². The van der Waals surface area contributed by atoms with Gasteiger partial charge in [0.1, 0.15) is 24.7 Å². The molecule has 2 aliphatic heterocycles. The van der Waals surface area contributed by atoms with Gasteiger partial charge in [-0.05, 0) is 53.9 Å². The van der Waals surface area contributed by atoms with E-state index < -0.39 is 17.7 Å². The third-order valence-corrected chi connectivity index (χ3v) is 7.77. The van der Waals surface area contributed by atoms with E-state index in [1.807, 2.05) is 36.4 Å². The summed E-state index contributed by atoms with van der Waals surface area (Å²) < 4.78 is 17.4. The summed E-state index contributed by atoms with van der Waals surface area (Å²) in [5, 5.41) is 11.8. The second-order valence-electron chi connectivity index (χ2n) is 8.95. The number of rotatable bonds is 5. The number of hydrogen-bond acceptors (Lipinski definition) is 8. The van der Waals surface area contributed by atoms with Gasteiger partial charge in [-0.2, -0.15) is 0 Å². The molecular weight excluding hydrogens is 504 g/mol. The first kappa shape index (κ1) is 24.0. The van der Waals surface area contributed by atoms with Crippen LogP contribution in [0.1, 0.15) is 29.7 Å². The summed E-state index contributed by atoms with van der Waals surface area (Å²) in [5.41, 5.74) is 2.84. The van der Waals surface area contributed by atoms with Crippen molar-refractivity contribution in [3.63, 3.8) is 0 Å². The number of carbonyl (C=O) groups is 2. The number of benzene rings is 3. The molecule has 1 aromatic heterocycles.